The number of methoxy groups -OCH3 is 1. The lowest BCUT2D eigenvalue weighted by Crippen LogP contribution is -2.18. The van der Waals surface area contributed by atoms with E-state index in [1.54, 1.807) is 25.5 Å². The van der Waals surface area contributed by atoms with Crippen LogP contribution in [0.2, 0.25) is 0 Å². The molecule has 0 aliphatic heterocycles. The summed E-state index contributed by atoms with van der Waals surface area (Å²) in [5.41, 5.74) is 1.20. The van der Waals surface area contributed by atoms with Crippen molar-refractivity contribution in [2.45, 2.75) is 19.8 Å². The standard InChI is InChI=1S/C20H21N3O3S/c1-3-4-11-26-18-12-14(9-10-17(18)25-2)13-21-23-19(24)15-7-5-6-8-16(15)22-20(23)27/h5-10,12-13H,3-4,11H2,1-2H3,(H,22,27)/b21-13-. The van der Waals surface area contributed by atoms with Gasteiger partial charge in [-0.1, -0.05) is 25.5 Å². The number of H-pyrrole nitrogens is 1. The monoisotopic (exact) mass is 383 g/mol. The van der Waals surface area contributed by atoms with Gasteiger partial charge in [0.1, 0.15) is 0 Å². The number of fused-ring (bicyclic) bond motifs is 1. The van der Waals surface area contributed by atoms with Gasteiger partial charge >= 0.3 is 0 Å². The highest BCUT2D eigenvalue weighted by Crippen LogP contribution is 2.27. The number of benzene rings is 2. The molecule has 0 aliphatic carbocycles. The van der Waals surface area contributed by atoms with Crippen LogP contribution in [-0.4, -0.2) is 29.6 Å². The lowest BCUT2D eigenvalue weighted by Gasteiger charge is -2.11. The highest BCUT2D eigenvalue weighted by atomic mass is 32.1. The van der Waals surface area contributed by atoms with Crippen molar-refractivity contribution >= 4 is 29.3 Å². The topological polar surface area (TPSA) is 68.6 Å². The first-order valence-corrected chi connectivity index (χ1v) is 9.14. The lowest BCUT2D eigenvalue weighted by molar-refractivity contribution is 0.288. The minimum Gasteiger partial charge on any atom is -0.493 e. The van der Waals surface area contributed by atoms with Crippen LogP contribution in [0, 0.1) is 4.77 Å². The normalized spacial score (nSPS) is 11.2. The molecule has 6 nitrogen and oxygen atoms in total. The molecule has 0 saturated heterocycles. The molecule has 3 rings (SSSR count). The van der Waals surface area contributed by atoms with Gasteiger partial charge in [-0.25, -0.2) is 0 Å². The number of aromatic amines is 1. The van der Waals surface area contributed by atoms with E-state index in [9.17, 15) is 4.79 Å². The van der Waals surface area contributed by atoms with Crippen molar-refractivity contribution in [3.8, 4) is 11.5 Å². The van der Waals surface area contributed by atoms with Gasteiger partial charge in [0, 0.05) is 0 Å². The molecule has 0 fully saturated rings. The van der Waals surface area contributed by atoms with Gasteiger partial charge in [0.25, 0.3) is 5.56 Å². The van der Waals surface area contributed by atoms with Crippen LogP contribution in [0.1, 0.15) is 25.3 Å². The third kappa shape index (κ3) is 4.25. The lowest BCUT2D eigenvalue weighted by atomic mass is 10.2. The number of rotatable bonds is 7. The number of ether oxygens (including phenoxy) is 2. The van der Waals surface area contributed by atoms with E-state index in [1.165, 1.54) is 4.68 Å². The molecule has 1 heterocycles. The molecular weight excluding hydrogens is 362 g/mol. The molecule has 0 amide bonds. The zero-order valence-corrected chi connectivity index (χ0v) is 16.1. The second-order valence-corrected chi connectivity index (χ2v) is 6.34. The summed E-state index contributed by atoms with van der Waals surface area (Å²) in [5, 5.41) is 4.80. The Morgan fingerprint density at radius 2 is 2.04 bits per heavy atom. The van der Waals surface area contributed by atoms with Gasteiger partial charge in [-0.2, -0.15) is 9.78 Å². The summed E-state index contributed by atoms with van der Waals surface area (Å²) in [4.78, 5) is 15.6. The predicted octanol–water partition coefficient (Wildman–Crippen LogP) is 4.13. The van der Waals surface area contributed by atoms with Crippen LogP contribution in [0.3, 0.4) is 0 Å². The van der Waals surface area contributed by atoms with Gasteiger partial charge in [-0.3, -0.25) is 4.79 Å². The molecule has 0 aliphatic rings. The number of hydrogen-bond donors (Lipinski definition) is 1. The van der Waals surface area contributed by atoms with Crippen molar-refractivity contribution in [2.75, 3.05) is 13.7 Å². The number of nitrogens with zero attached hydrogens (tertiary/aromatic N) is 2. The van der Waals surface area contributed by atoms with E-state index in [-0.39, 0.29) is 10.3 Å². The molecule has 27 heavy (non-hydrogen) atoms. The van der Waals surface area contributed by atoms with E-state index < -0.39 is 0 Å². The summed E-state index contributed by atoms with van der Waals surface area (Å²) in [5.74, 6) is 1.30. The Hall–Kier alpha value is -2.93. The van der Waals surface area contributed by atoms with Crippen LogP contribution in [0.5, 0.6) is 11.5 Å². The average Bonchev–Trinajstić information content (AvgIpc) is 2.68. The second kappa shape index (κ2) is 8.64. The SMILES string of the molecule is CCCCOc1cc(/C=N\n2c(=S)[nH]c3ccccc3c2=O)ccc1OC. The van der Waals surface area contributed by atoms with Crippen LogP contribution in [0.15, 0.2) is 52.4 Å². The van der Waals surface area contributed by atoms with E-state index >= 15 is 0 Å². The minimum absolute atomic E-state index is 0.239. The smallest absolute Gasteiger partial charge is 0.282 e. The van der Waals surface area contributed by atoms with Crippen molar-refractivity contribution in [3.05, 3.63) is 63.2 Å². The van der Waals surface area contributed by atoms with Crippen molar-refractivity contribution in [1.29, 1.82) is 0 Å². The molecule has 7 heteroatoms. The van der Waals surface area contributed by atoms with Gasteiger partial charge in [0.15, 0.2) is 11.5 Å². The van der Waals surface area contributed by atoms with Gasteiger partial charge in [-0.05, 0) is 54.5 Å². The second-order valence-electron chi connectivity index (χ2n) is 5.95. The first-order valence-electron chi connectivity index (χ1n) is 8.73. The summed E-state index contributed by atoms with van der Waals surface area (Å²) in [6, 6.07) is 12.7. The quantitative estimate of drug-likeness (QED) is 0.378. The molecule has 0 spiro atoms. The van der Waals surface area contributed by atoms with Crippen molar-refractivity contribution in [3.63, 3.8) is 0 Å². The molecule has 0 saturated carbocycles. The molecule has 0 atom stereocenters. The largest absolute Gasteiger partial charge is 0.493 e. The molecule has 3 aromatic rings. The number of unbranched alkanes of at least 4 members (excludes halogenated alkanes) is 1. The van der Waals surface area contributed by atoms with Crippen molar-refractivity contribution < 1.29 is 9.47 Å². The first kappa shape index (κ1) is 18.8. The van der Waals surface area contributed by atoms with Crippen LogP contribution in [0.25, 0.3) is 10.9 Å². The Labute approximate surface area is 162 Å². The molecule has 1 aromatic heterocycles. The van der Waals surface area contributed by atoms with Gasteiger partial charge in [0.2, 0.25) is 4.77 Å². The first-order chi connectivity index (χ1) is 13.1. The molecule has 1 N–H and O–H groups in total. The van der Waals surface area contributed by atoms with Crippen LogP contribution in [-0.2, 0) is 0 Å². The Bertz CT molecular complexity index is 1090. The minimum atomic E-state index is -0.265. The number of para-hydroxylation sites is 1. The Morgan fingerprint density at radius 1 is 1.22 bits per heavy atom. The van der Waals surface area contributed by atoms with E-state index in [1.807, 2.05) is 30.3 Å². The Balaban J connectivity index is 1.94. The fourth-order valence-electron chi connectivity index (χ4n) is 2.60. The predicted molar refractivity (Wildman–Crippen MR) is 110 cm³/mol. The summed E-state index contributed by atoms with van der Waals surface area (Å²) >= 11 is 5.27. The highest BCUT2D eigenvalue weighted by molar-refractivity contribution is 7.71. The average molecular weight is 383 g/mol. The fourth-order valence-corrected chi connectivity index (χ4v) is 2.84. The molecule has 2 aromatic carbocycles. The highest BCUT2D eigenvalue weighted by Gasteiger charge is 2.06. The third-order valence-electron chi connectivity index (χ3n) is 4.05. The van der Waals surface area contributed by atoms with E-state index in [0.717, 1.165) is 18.4 Å². The summed E-state index contributed by atoms with van der Waals surface area (Å²) < 4.78 is 12.5. The molecular formula is C20H21N3O3S. The zero-order valence-electron chi connectivity index (χ0n) is 15.3. The van der Waals surface area contributed by atoms with E-state index in [2.05, 4.69) is 17.0 Å². The van der Waals surface area contributed by atoms with E-state index in [4.69, 9.17) is 21.7 Å². The van der Waals surface area contributed by atoms with Crippen LogP contribution < -0.4 is 15.0 Å². The van der Waals surface area contributed by atoms with Gasteiger partial charge in [0.05, 0.1) is 30.8 Å². The maximum atomic E-state index is 12.6. The summed E-state index contributed by atoms with van der Waals surface area (Å²) in [7, 11) is 1.60. The van der Waals surface area contributed by atoms with Gasteiger partial charge in [-0.15, -0.1) is 0 Å². The number of aromatic nitrogens is 2. The Kier molecular flexibility index (Phi) is 6.03. The number of nitrogens with one attached hydrogen (secondary N) is 1. The molecule has 0 radical (unpaired) electrons. The van der Waals surface area contributed by atoms with Crippen molar-refractivity contribution in [2.24, 2.45) is 5.10 Å². The summed E-state index contributed by atoms with van der Waals surface area (Å²) in [6.07, 6.45) is 3.58. The zero-order chi connectivity index (χ0) is 19.2. The van der Waals surface area contributed by atoms with Crippen LogP contribution >= 0.6 is 12.2 Å². The molecule has 0 unspecified atom stereocenters. The fraction of sp³-hybridized carbons (Fsp3) is 0.250. The van der Waals surface area contributed by atoms with Crippen molar-refractivity contribution in [1.82, 2.24) is 9.66 Å². The number of hydrogen-bond acceptors (Lipinski definition) is 5. The summed E-state index contributed by atoms with van der Waals surface area (Å²) in [6.45, 7) is 2.72. The maximum Gasteiger partial charge on any atom is 0.282 e. The molecule has 140 valence electrons. The third-order valence-corrected chi connectivity index (χ3v) is 4.32. The van der Waals surface area contributed by atoms with Crippen LogP contribution in [0.4, 0.5) is 0 Å². The maximum absolute atomic E-state index is 12.6. The molecule has 0 bridgehead atoms. The Morgan fingerprint density at radius 3 is 2.81 bits per heavy atom. The van der Waals surface area contributed by atoms with E-state index in [0.29, 0.717) is 29.0 Å². The van der Waals surface area contributed by atoms with Gasteiger partial charge < -0.3 is 14.5 Å².